The molecule has 2 atom stereocenters. The van der Waals surface area contributed by atoms with Crippen LogP contribution in [0, 0.1) is 0 Å². The van der Waals surface area contributed by atoms with Crippen molar-refractivity contribution in [3.8, 4) is 10.7 Å². The van der Waals surface area contributed by atoms with E-state index in [1.54, 1.807) is 0 Å². The van der Waals surface area contributed by atoms with Gasteiger partial charge in [-0.25, -0.2) is 13.2 Å². The first-order valence-electron chi connectivity index (χ1n) is 9.62. The molecule has 9 nitrogen and oxygen atoms in total. The Bertz CT molecular complexity index is 1150. The van der Waals surface area contributed by atoms with E-state index in [-0.39, 0.29) is 48.3 Å². The van der Waals surface area contributed by atoms with Crippen LogP contribution in [0.15, 0.2) is 51.2 Å². The zero-order valence-corrected chi connectivity index (χ0v) is 18.6. The van der Waals surface area contributed by atoms with Crippen molar-refractivity contribution in [2.45, 2.75) is 37.6 Å². The second kappa shape index (κ2) is 8.87. The Labute approximate surface area is 183 Å². The maximum Gasteiger partial charge on any atom is 0.338 e. The molecule has 0 spiro atoms. The number of carbonyl (C=O) groups is 1. The van der Waals surface area contributed by atoms with Crippen molar-refractivity contribution in [1.29, 1.82) is 0 Å². The van der Waals surface area contributed by atoms with E-state index in [0.29, 0.717) is 5.82 Å². The second-order valence-electron chi connectivity index (χ2n) is 7.17. The van der Waals surface area contributed by atoms with E-state index in [1.165, 1.54) is 39.9 Å². The summed E-state index contributed by atoms with van der Waals surface area (Å²) in [7, 11) is -3.77. The number of aromatic nitrogens is 2. The normalized spacial score (nSPS) is 19.9. The van der Waals surface area contributed by atoms with Crippen LogP contribution >= 0.6 is 11.3 Å². The molecule has 11 heteroatoms. The highest BCUT2D eigenvalue weighted by Gasteiger charge is 2.32. The molecule has 1 aromatic carbocycles. The Morgan fingerprint density at radius 3 is 2.71 bits per heavy atom. The fourth-order valence-electron chi connectivity index (χ4n) is 3.29. The lowest BCUT2D eigenvalue weighted by atomic mass is 10.2. The average molecular weight is 464 g/mol. The van der Waals surface area contributed by atoms with Crippen LogP contribution in [0.3, 0.4) is 0 Å². The summed E-state index contributed by atoms with van der Waals surface area (Å²) in [5.41, 5.74) is 0.119. The molecular formula is C20H21N3O6S2. The fraction of sp³-hybridized carbons (Fsp3) is 0.350. The highest BCUT2D eigenvalue weighted by Crippen LogP contribution is 2.23. The number of esters is 1. The molecule has 1 aliphatic heterocycles. The molecule has 0 saturated carbocycles. The van der Waals surface area contributed by atoms with E-state index in [1.807, 2.05) is 31.4 Å². The summed E-state index contributed by atoms with van der Waals surface area (Å²) in [6.45, 7) is 3.95. The molecule has 31 heavy (non-hydrogen) atoms. The zero-order valence-electron chi connectivity index (χ0n) is 16.9. The largest absolute Gasteiger partial charge is 0.452 e. The predicted octanol–water partition coefficient (Wildman–Crippen LogP) is 2.95. The van der Waals surface area contributed by atoms with E-state index in [0.717, 1.165) is 4.88 Å². The van der Waals surface area contributed by atoms with Gasteiger partial charge in [0.05, 0.1) is 27.5 Å². The summed E-state index contributed by atoms with van der Waals surface area (Å²) in [6.07, 6.45) is -0.416. The molecule has 2 aromatic heterocycles. The molecule has 0 aliphatic carbocycles. The number of ether oxygens (including phenoxy) is 2. The van der Waals surface area contributed by atoms with E-state index in [4.69, 9.17) is 14.0 Å². The quantitative estimate of drug-likeness (QED) is 0.513. The van der Waals surface area contributed by atoms with Gasteiger partial charge in [0.25, 0.3) is 5.89 Å². The minimum absolute atomic E-state index is 0.0287. The smallest absolute Gasteiger partial charge is 0.338 e. The van der Waals surface area contributed by atoms with Gasteiger partial charge in [-0.2, -0.15) is 9.29 Å². The van der Waals surface area contributed by atoms with Gasteiger partial charge in [0.1, 0.15) is 0 Å². The molecule has 1 fully saturated rings. The molecular weight excluding hydrogens is 442 g/mol. The monoisotopic (exact) mass is 463 g/mol. The van der Waals surface area contributed by atoms with Gasteiger partial charge in [-0.15, -0.1) is 11.3 Å². The van der Waals surface area contributed by atoms with Gasteiger partial charge >= 0.3 is 5.97 Å². The number of carbonyl (C=O) groups excluding carboxylic acids is 1. The molecule has 0 radical (unpaired) electrons. The molecule has 1 saturated heterocycles. The molecule has 0 bridgehead atoms. The molecule has 164 valence electrons. The van der Waals surface area contributed by atoms with Gasteiger partial charge in [0.15, 0.2) is 6.61 Å². The van der Waals surface area contributed by atoms with Crippen LogP contribution in [0.4, 0.5) is 0 Å². The van der Waals surface area contributed by atoms with Crippen LogP contribution in [0.25, 0.3) is 10.7 Å². The topological polar surface area (TPSA) is 112 Å². The van der Waals surface area contributed by atoms with Crippen molar-refractivity contribution in [3.05, 3.63) is 53.2 Å². The summed E-state index contributed by atoms with van der Waals surface area (Å²) >= 11 is 1.46. The third-order valence-corrected chi connectivity index (χ3v) is 7.32. The van der Waals surface area contributed by atoms with Crippen molar-refractivity contribution in [1.82, 2.24) is 14.4 Å². The van der Waals surface area contributed by atoms with Crippen molar-refractivity contribution in [2.75, 3.05) is 13.1 Å². The average Bonchev–Trinajstić information content (AvgIpc) is 3.43. The second-order valence-corrected chi connectivity index (χ2v) is 10.1. The lowest BCUT2D eigenvalue weighted by molar-refractivity contribution is -0.0440. The standard InChI is InChI=1S/C20H21N3O6S2/c1-13-10-23(11-14(2)28-13)31(25,26)16-6-3-5-15(9-16)20(24)27-12-18-21-19(22-29-18)17-7-4-8-30-17/h3-9,13-14H,10-12H2,1-2H3. The lowest BCUT2D eigenvalue weighted by Crippen LogP contribution is -2.48. The van der Waals surface area contributed by atoms with Gasteiger partial charge in [0, 0.05) is 13.1 Å². The number of hydrogen-bond donors (Lipinski definition) is 0. The van der Waals surface area contributed by atoms with Crippen LogP contribution in [-0.4, -0.2) is 54.1 Å². The summed E-state index contributed by atoms with van der Waals surface area (Å²) in [6, 6.07) is 9.51. The SMILES string of the molecule is CC1CN(S(=O)(=O)c2cccc(C(=O)OCc3nc(-c4cccs4)no3)c2)CC(C)O1. The summed E-state index contributed by atoms with van der Waals surface area (Å²) in [4.78, 5) is 17.5. The van der Waals surface area contributed by atoms with Crippen molar-refractivity contribution < 1.29 is 27.2 Å². The lowest BCUT2D eigenvalue weighted by Gasteiger charge is -2.34. The molecule has 3 aromatic rings. The van der Waals surface area contributed by atoms with E-state index >= 15 is 0 Å². The fourth-order valence-corrected chi connectivity index (χ4v) is 5.58. The summed E-state index contributed by atoms with van der Waals surface area (Å²) < 4.78 is 43.4. The number of rotatable bonds is 6. The van der Waals surface area contributed by atoms with Crippen molar-refractivity contribution in [2.24, 2.45) is 0 Å². The van der Waals surface area contributed by atoms with Crippen molar-refractivity contribution in [3.63, 3.8) is 0 Å². The number of thiophene rings is 1. The Balaban J connectivity index is 1.44. The van der Waals surface area contributed by atoms with E-state index in [9.17, 15) is 13.2 Å². The molecule has 0 amide bonds. The molecule has 1 aliphatic rings. The number of nitrogens with zero attached hydrogens (tertiary/aromatic N) is 3. The molecule has 2 unspecified atom stereocenters. The number of benzene rings is 1. The Morgan fingerprint density at radius 2 is 2.00 bits per heavy atom. The van der Waals surface area contributed by atoms with Gasteiger partial charge in [-0.05, 0) is 43.5 Å². The third kappa shape index (κ3) is 4.85. The maximum absolute atomic E-state index is 13.0. The van der Waals surface area contributed by atoms with Crippen molar-refractivity contribution >= 4 is 27.3 Å². The molecule has 0 N–H and O–H groups in total. The third-order valence-electron chi connectivity index (χ3n) is 4.63. The minimum atomic E-state index is -3.77. The van der Waals surface area contributed by atoms with Crippen LogP contribution in [-0.2, 0) is 26.1 Å². The summed E-state index contributed by atoms with van der Waals surface area (Å²) in [5, 5.41) is 5.75. The van der Waals surface area contributed by atoms with E-state index in [2.05, 4.69) is 10.1 Å². The predicted molar refractivity (Wildman–Crippen MR) is 112 cm³/mol. The first kappa shape index (κ1) is 21.6. The van der Waals surface area contributed by atoms with E-state index < -0.39 is 16.0 Å². The number of hydrogen-bond acceptors (Lipinski definition) is 9. The van der Waals surface area contributed by atoms with Crippen LogP contribution < -0.4 is 0 Å². The van der Waals surface area contributed by atoms with Gasteiger partial charge in [0.2, 0.25) is 15.8 Å². The first-order valence-corrected chi connectivity index (χ1v) is 11.9. The van der Waals surface area contributed by atoms with Gasteiger partial charge in [-0.3, -0.25) is 0 Å². The van der Waals surface area contributed by atoms with Gasteiger partial charge < -0.3 is 14.0 Å². The van der Waals surface area contributed by atoms with Crippen LogP contribution in [0.1, 0.15) is 30.1 Å². The summed E-state index contributed by atoms with van der Waals surface area (Å²) in [5.74, 6) is -0.114. The Kier molecular flexibility index (Phi) is 6.19. The Hall–Kier alpha value is -2.60. The number of morpholine rings is 1. The van der Waals surface area contributed by atoms with Gasteiger partial charge in [-0.1, -0.05) is 17.3 Å². The first-order chi connectivity index (χ1) is 14.8. The molecule has 3 heterocycles. The van der Waals surface area contributed by atoms with Crippen LogP contribution in [0.2, 0.25) is 0 Å². The minimum Gasteiger partial charge on any atom is -0.452 e. The molecule has 4 rings (SSSR count). The Morgan fingerprint density at radius 1 is 1.23 bits per heavy atom. The highest BCUT2D eigenvalue weighted by atomic mass is 32.2. The maximum atomic E-state index is 13.0. The van der Waals surface area contributed by atoms with Crippen LogP contribution in [0.5, 0.6) is 0 Å². The highest BCUT2D eigenvalue weighted by molar-refractivity contribution is 7.89. The zero-order chi connectivity index (χ0) is 22.0. The number of sulfonamides is 1.